The van der Waals surface area contributed by atoms with Crippen molar-refractivity contribution in [2.24, 2.45) is 11.5 Å². The Morgan fingerprint density at radius 1 is 0.898 bits per heavy atom. The van der Waals surface area contributed by atoms with Crippen LogP contribution >= 0.6 is 23.4 Å². The summed E-state index contributed by atoms with van der Waals surface area (Å²) in [5.41, 5.74) is 19.6. The molecule has 0 saturated carbocycles. The van der Waals surface area contributed by atoms with Crippen LogP contribution in [0.4, 0.5) is 5.82 Å². The molecule has 0 aliphatic rings. The summed E-state index contributed by atoms with van der Waals surface area (Å²) < 4.78 is 22.2. The van der Waals surface area contributed by atoms with Crippen molar-refractivity contribution in [1.82, 2.24) is 9.97 Å². The highest BCUT2D eigenvalue weighted by molar-refractivity contribution is 7.98. The lowest BCUT2D eigenvalue weighted by Gasteiger charge is -2.19. The summed E-state index contributed by atoms with van der Waals surface area (Å²) in [5.74, 6) is 0.158. The number of carbonyl (C=O) groups is 2. The summed E-state index contributed by atoms with van der Waals surface area (Å²) in [7, 11) is 0. The van der Waals surface area contributed by atoms with Crippen molar-refractivity contribution in [1.29, 1.82) is 10.5 Å². The van der Waals surface area contributed by atoms with E-state index in [1.807, 2.05) is 0 Å². The fourth-order valence-electron chi connectivity index (χ4n) is 4.45. The van der Waals surface area contributed by atoms with E-state index in [2.05, 4.69) is 22.1 Å². The van der Waals surface area contributed by atoms with E-state index in [4.69, 9.17) is 47.4 Å². The first-order chi connectivity index (χ1) is 23.8. The van der Waals surface area contributed by atoms with Gasteiger partial charge in [0.05, 0.1) is 11.3 Å². The number of nitriles is 2. The van der Waals surface area contributed by atoms with Gasteiger partial charge in [-0.1, -0.05) is 35.5 Å². The van der Waals surface area contributed by atoms with Crippen molar-refractivity contribution >= 4 is 41.1 Å². The Hall–Kier alpha value is -5.12. The Morgan fingerprint density at radius 3 is 2.20 bits per heavy atom. The summed E-state index contributed by atoms with van der Waals surface area (Å²) in [4.78, 5) is 33.1. The molecule has 0 saturated heterocycles. The number of esters is 2. The SMILES string of the molecule is N#Cc1c(N)nc(SCc2coc(-c3ccc(Cl)cc3)n2)c(C#N)c1-c1ccc(OCC(COC(=O)CCCN)OC(=O)CCCN)cc1. The van der Waals surface area contributed by atoms with Crippen molar-refractivity contribution in [3.63, 3.8) is 0 Å². The zero-order chi connectivity index (χ0) is 35.2. The van der Waals surface area contributed by atoms with Gasteiger partial charge in [0.1, 0.15) is 53.8 Å². The molecule has 0 fully saturated rings. The molecule has 2 aromatic carbocycles. The molecule has 13 nitrogen and oxygen atoms in total. The van der Waals surface area contributed by atoms with Crippen LogP contribution in [0, 0.1) is 22.7 Å². The summed E-state index contributed by atoms with van der Waals surface area (Å²) in [6.07, 6.45) is 1.84. The lowest BCUT2D eigenvalue weighted by molar-refractivity contribution is -0.161. The molecule has 0 amide bonds. The lowest BCUT2D eigenvalue weighted by atomic mass is 9.97. The number of hydrogen-bond donors (Lipinski definition) is 3. The molecular formula is C34H34ClN7O6S. The Kier molecular flexibility index (Phi) is 13.8. The number of nitrogens with zero attached hydrogens (tertiary/aromatic N) is 4. The zero-order valence-electron chi connectivity index (χ0n) is 26.4. The molecule has 2 heterocycles. The van der Waals surface area contributed by atoms with Gasteiger partial charge in [0.2, 0.25) is 5.89 Å². The first kappa shape index (κ1) is 36.7. The minimum absolute atomic E-state index is 0.0263. The lowest BCUT2D eigenvalue weighted by Crippen LogP contribution is -2.31. The highest BCUT2D eigenvalue weighted by Crippen LogP contribution is 2.37. The number of carbonyl (C=O) groups excluding carboxylic acids is 2. The third kappa shape index (κ3) is 10.4. The van der Waals surface area contributed by atoms with Crippen LogP contribution in [0.1, 0.15) is 42.5 Å². The van der Waals surface area contributed by atoms with Crippen LogP contribution in [0.15, 0.2) is 64.2 Å². The average Bonchev–Trinajstić information content (AvgIpc) is 3.59. The molecule has 4 aromatic rings. The standard InChI is InChI=1S/C34H34ClN7O6S/c35-23-9-5-22(6-10-23)33-41-24(17-47-33)20-49-34-28(16-39)31(27(15-38)32(40)42-34)21-7-11-25(12-8-21)45-18-26(48-30(44)4-2-14-37)19-46-29(43)3-1-13-36/h5-12,17,26H,1-4,13-14,18-20,36-37H2,(H2,40,42). The Morgan fingerprint density at radius 2 is 1.55 bits per heavy atom. The fraction of sp³-hybridized carbons (Fsp3) is 0.294. The second-order valence-corrected chi connectivity index (χ2v) is 11.9. The number of thioether (sulfide) groups is 1. The van der Waals surface area contributed by atoms with Crippen molar-refractivity contribution in [2.45, 2.75) is 42.6 Å². The van der Waals surface area contributed by atoms with E-state index in [1.165, 1.54) is 18.0 Å². The number of hydrogen-bond acceptors (Lipinski definition) is 14. The minimum atomic E-state index is -0.867. The van der Waals surface area contributed by atoms with E-state index in [-0.39, 0.29) is 43.0 Å². The zero-order valence-corrected chi connectivity index (χ0v) is 28.0. The number of aromatic nitrogens is 2. The highest BCUT2D eigenvalue weighted by Gasteiger charge is 2.22. The predicted molar refractivity (Wildman–Crippen MR) is 183 cm³/mol. The molecule has 1 unspecified atom stereocenters. The number of nitrogen functional groups attached to an aromatic ring is 1. The Labute approximate surface area is 292 Å². The van der Waals surface area contributed by atoms with Crippen LogP contribution in [0.2, 0.25) is 5.02 Å². The van der Waals surface area contributed by atoms with Crippen LogP contribution in [-0.4, -0.2) is 54.3 Å². The van der Waals surface area contributed by atoms with Crippen molar-refractivity contribution in [2.75, 3.05) is 32.0 Å². The third-order valence-electron chi connectivity index (χ3n) is 6.89. The number of rotatable bonds is 17. The Balaban J connectivity index is 1.49. The number of pyridine rings is 1. The Bertz CT molecular complexity index is 1820. The molecule has 49 heavy (non-hydrogen) atoms. The molecule has 0 aliphatic heterocycles. The first-order valence-corrected chi connectivity index (χ1v) is 16.6. The molecular weight excluding hydrogens is 670 g/mol. The van der Waals surface area contributed by atoms with Crippen LogP contribution < -0.4 is 21.9 Å². The molecule has 6 N–H and O–H groups in total. The second-order valence-electron chi connectivity index (χ2n) is 10.5. The van der Waals surface area contributed by atoms with Crippen molar-refractivity contribution in [3.8, 4) is 40.5 Å². The van der Waals surface area contributed by atoms with E-state index in [1.54, 1.807) is 48.5 Å². The quantitative estimate of drug-likeness (QED) is 0.0973. The number of oxazole rings is 1. The number of anilines is 1. The van der Waals surface area contributed by atoms with Gasteiger partial charge in [0.25, 0.3) is 0 Å². The van der Waals surface area contributed by atoms with Crippen LogP contribution in [-0.2, 0) is 24.8 Å². The number of ether oxygens (including phenoxy) is 3. The molecule has 0 radical (unpaired) electrons. The second kappa shape index (κ2) is 18.4. The maximum Gasteiger partial charge on any atom is 0.306 e. The van der Waals surface area contributed by atoms with Crippen LogP contribution in [0.3, 0.4) is 0 Å². The van der Waals surface area contributed by atoms with Crippen LogP contribution in [0.25, 0.3) is 22.6 Å². The maximum atomic E-state index is 12.2. The molecule has 0 spiro atoms. The largest absolute Gasteiger partial charge is 0.490 e. The summed E-state index contributed by atoms with van der Waals surface area (Å²) in [6, 6.07) is 17.9. The summed E-state index contributed by atoms with van der Waals surface area (Å²) in [5, 5.41) is 21.1. The monoisotopic (exact) mass is 703 g/mol. The highest BCUT2D eigenvalue weighted by atomic mass is 35.5. The average molecular weight is 704 g/mol. The fourth-order valence-corrected chi connectivity index (χ4v) is 5.45. The molecule has 15 heteroatoms. The van der Waals surface area contributed by atoms with E-state index < -0.39 is 18.0 Å². The predicted octanol–water partition coefficient (Wildman–Crippen LogP) is 4.99. The van der Waals surface area contributed by atoms with Gasteiger partial charge in [-0.3, -0.25) is 9.59 Å². The molecule has 254 valence electrons. The third-order valence-corrected chi connectivity index (χ3v) is 8.15. The van der Waals surface area contributed by atoms with Crippen molar-refractivity contribution < 1.29 is 28.2 Å². The summed E-state index contributed by atoms with van der Waals surface area (Å²) in [6.45, 7) is 0.379. The normalized spacial score (nSPS) is 11.3. The van der Waals surface area contributed by atoms with Gasteiger partial charge >= 0.3 is 11.9 Å². The molecule has 1 atom stereocenters. The van der Waals surface area contributed by atoms with E-state index in [0.717, 1.165) is 5.56 Å². The van der Waals surface area contributed by atoms with E-state index in [0.29, 0.717) is 70.2 Å². The van der Waals surface area contributed by atoms with Gasteiger partial charge in [-0.05, 0) is 67.9 Å². The molecule has 0 aliphatic carbocycles. The van der Waals surface area contributed by atoms with E-state index >= 15 is 0 Å². The minimum Gasteiger partial charge on any atom is -0.490 e. The smallest absolute Gasteiger partial charge is 0.306 e. The maximum absolute atomic E-state index is 12.2. The number of halogens is 1. The molecule has 2 aromatic heterocycles. The molecule has 0 bridgehead atoms. The van der Waals surface area contributed by atoms with Gasteiger partial charge < -0.3 is 35.8 Å². The van der Waals surface area contributed by atoms with Gasteiger partial charge in [0.15, 0.2) is 6.10 Å². The van der Waals surface area contributed by atoms with Crippen molar-refractivity contribution in [3.05, 3.63) is 76.6 Å². The van der Waals surface area contributed by atoms with Gasteiger partial charge in [-0.25, -0.2) is 9.97 Å². The summed E-state index contributed by atoms with van der Waals surface area (Å²) >= 11 is 7.21. The topological polar surface area (TPSA) is 226 Å². The molecule has 4 rings (SSSR count). The van der Waals surface area contributed by atoms with Gasteiger partial charge in [-0.2, -0.15) is 10.5 Å². The first-order valence-electron chi connectivity index (χ1n) is 15.2. The van der Waals surface area contributed by atoms with Gasteiger partial charge in [-0.15, -0.1) is 0 Å². The number of nitrogens with two attached hydrogens (primary N) is 3. The van der Waals surface area contributed by atoms with Gasteiger partial charge in [0, 0.05) is 34.7 Å². The van der Waals surface area contributed by atoms with E-state index in [9.17, 15) is 20.1 Å². The number of benzene rings is 2. The van der Waals surface area contributed by atoms with Crippen LogP contribution in [0.5, 0.6) is 5.75 Å².